The van der Waals surface area contributed by atoms with Crippen LogP contribution in [-0.2, 0) is 28.7 Å². The predicted octanol–water partition coefficient (Wildman–Crippen LogP) is -1.58. The van der Waals surface area contributed by atoms with Gasteiger partial charge in [-0.25, -0.2) is 0 Å². The molecule has 0 aliphatic heterocycles. The number of rotatable bonds is 14. The fourth-order valence-corrected chi connectivity index (χ4v) is 1.74. The van der Waals surface area contributed by atoms with Gasteiger partial charge in [-0.2, -0.15) is 0 Å². The van der Waals surface area contributed by atoms with E-state index in [1.807, 2.05) is 0 Å². The summed E-state index contributed by atoms with van der Waals surface area (Å²) in [5.41, 5.74) is 0. The average molecular weight is 365 g/mol. The summed E-state index contributed by atoms with van der Waals surface area (Å²) < 4.78 is 9.91. The first-order valence-electron chi connectivity index (χ1n) is 7.54. The zero-order valence-corrected chi connectivity index (χ0v) is 13.6. The second-order valence-corrected chi connectivity index (χ2v) is 4.90. The molecular weight excluding hydrogens is 342 g/mol. The molecule has 0 spiro atoms. The van der Waals surface area contributed by atoms with Gasteiger partial charge in [-0.05, 0) is 0 Å². The Bertz CT molecular complexity index is 447. The highest BCUT2D eigenvalue weighted by Gasteiger charge is 2.24. The molecule has 0 aromatic carbocycles. The summed E-state index contributed by atoms with van der Waals surface area (Å²) in [6, 6.07) is 0. The van der Waals surface area contributed by atoms with Crippen LogP contribution in [0.1, 0.15) is 25.7 Å². The van der Waals surface area contributed by atoms with Crippen molar-refractivity contribution in [1.82, 2.24) is 4.90 Å². The normalized spacial score (nSPS) is 11.8. The molecule has 0 heterocycles. The van der Waals surface area contributed by atoms with Crippen molar-refractivity contribution >= 4 is 23.9 Å². The fourth-order valence-electron chi connectivity index (χ4n) is 1.74. The molecule has 0 amide bonds. The third-order valence-corrected chi connectivity index (χ3v) is 2.92. The topological polar surface area (TPSA) is 171 Å². The van der Waals surface area contributed by atoms with Crippen molar-refractivity contribution in [3.63, 3.8) is 0 Å². The van der Waals surface area contributed by atoms with E-state index in [4.69, 9.17) is 29.9 Å². The van der Waals surface area contributed by atoms with E-state index in [1.54, 1.807) is 0 Å². The van der Waals surface area contributed by atoms with Crippen molar-refractivity contribution in [3.05, 3.63) is 0 Å². The molecule has 4 N–H and O–H groups in total. The van der Waals surface area contributed by atoms with Crippen molar-refractivity contribution in [1.29, 1.82) is 0 Å². The second-order valence-electron chi connectivity index (χ2n) is 4.90. The molecule has 0 radical (unpaired) electrons. The molecule has 0 aliphatic carbocycles. The SMILES string of the molecule is O=C(O)CCC(=O)OCC(OC(=O)CCC(=O)O)N(CCO)CCO. The molecule has 0 fully saturated rings. The van der Waals surface area contributed by atoms with Crippen LogP contribution < -0.4 is 0 Å². The summed E-state index contributed by atoms with van der Waals surface area (Å²) in [7, 11) is 0. The number of carbonyl (C=O) groups excluding carboxylic acids is 2. The van der Waals surface area contributed by atoms with Crippen LogP contribution in [0.25, 0.3) is 0 Å². The van der Waals surface area contributed by atoms with E-state index < -0.39 is 56.0 Å². The molecule has 0 rings (SSSR count). The van der Waals surface area contributed by atoms with E-state index in [1.165, 1.54) is 4.90 Å². The number of esters is 2. The number of hydrogen-bond acceptors (Lipinski definition) is 9. The third-order valence-electron chi connectivity index (χ3n) is 2.92. The van der Waals surface area contributed by atoms with Crippen LogP contribution in [0.2, 0.25) is 0 Å². The van der Waals surface area contributed by atoms with Gasteiger partial charge in [0, 0.05) is 13.1 Å². The highest BCUT2D eigenvalue weighted by molar-refractivity contribution is 5.77. The molecule has 0 bridgehead atoms. The lowest BCUT2D eigenvalue weighted by Gasteiger charge is -2.29. The molecule has 0 saturated heterocycles. The van der Waals surface area contributed by atoms with Crippen LogP contribution in [0.3, 0.4) is 0 Å². The van der Waals surface area contributed by atoms with E-state index in [0.717, 1.165) is 0 Å². The Balaban J connectivity index is 4.74. The molecular formula is C14H23NO10. The Morgan fingerprint density at radius 3 is 1.72 bits per heavy atom. The lowest BCUT2D eigenvalue weighted by Crippen LogP contribution is -2.45. The predicted molar refractivity (Wildman–Crippen MR) is 80.3 cm³/mol. The van der Waals surface area contributed by atoms with E-state index in [2.05, 4.69) is 0 Å². The van der Waals surface area contributed by atoms with Crippen molar-refractivity contribution in [3.8, 4) is 0 Å². The summed E-state index contributed by atoms with van der Waals surface area (Å²) in [4.78, 5) is 45.4. The first-order valence-corrected chi connectivity index (χ1v) is 7.54. The van der Waals surface area contributed by atoms with Gasteiger partial charge < -0.3 is 29.9 Å². The van der Waals surface area contributed by atoms with Crippen molar-refractivity contribution < 1.29 is 49.1 Å². The number of carboxylic acids is 2. The summed E-state index contributed by atoms with van der Waals surface area (Å²) in [5.74, 6) is -4.02. The van der Waals surface area contributed by atoms with Crippen molar-refractivity contribution in [2.45, 2.75) is 31.9 Å². The van der Waals surface area contributed by atoms with Gasteiger partial charge in [0.1, 0.15) is 6.61 Å². The minimum absolute atomic E-state index is 0.00408. The number of aliphatic carboxylic acids is 2. The Morgan fingerprint density at radius 2 is 1.28 bits per heavy atom. The molecule has 11 nitrogen and oxygen atoms in total. The number of hydrogen-bond donors (Lipinski definition) is 4. The monoisotopic (exact) mass is 365 g/mol. The molecule has 0 aliphatic rings. The van der Waals surface area contributed by atoms with E-state index in [0.29, 0.717) is 0 Å². The van der Waals surface area contributed by atoms with Crippen LogP contribution in [0.15, 0.2) is 0 Å². The highest BCUT2D eigenvalue weighted by Crippen LogP contribution is 2.07. The van der Waals surface area contributed by atoms with Crippen LogP contribution in [0.4, 0.5) is 0 Å². The Morgan fingerprint density at radius 1 is 0.800 bits per heavy atom. The molecule has 25 heavy (non-hydrogen) atoms. The number of carbonyl (C=O) groups is 4. The first-order chi connectivity index (χ1) is 11.8. The summed E-state index contributed by atoms with van der Waals surface area (Å²) in [5, 5.41) is 35.1. The number of aliphatic hydroxyl groups excluding tert-OH is 2. The maximum atomic E-state index is 11.7. The maximum absolute atomic E-state index is 11.7. The van der Waals surface area contributed by atoms with Gasteiger partial charge in [0.05, 0.1) is 38.9 Å². The largest absolute Gasteiger partial charge is 0.481 e. The molecule has 144 valence electrons. The van der Waals surface area contributed by atoms with Crippen molar-refractivity contribution in [2.75, 3.05) is 32.9 Å². The molecule has 1 unspecified atom stereocenters. The molecule has 11 heteroatoms. The van der Waals surface area contributed by atoms with Crippen molar-refractivity contribution in [2.24, 2.45) is 0 Å². The number of nitrogens with zero attached hydrogens (tertiary/aromatic N) is 1. The quantitative estimate of drug-likeness (QED) is 0.207. The molecule has 0 aromatic heterocycles. The van der Waals surface area contributed by atoms with E-state index >= 15 is 0 Å². The van der Waals surface area contributed by atoms with Gasteiger partial charge in [-0.3, -0.25) is 24.1 Å². The average Bonchev–Trinajstić information content (AvgIpc) is 2.54. The van der Waals surface area contributed by atoms with Crippen LogP contribution >= 0.6 is 0 Å². The lowest BCUT2D eigenvalue weighted by molar-refractivity contribution is -0.174. The van der Waals surface area contributed by atoms with Gasteiger partial charge in [0.25, 0.3) is 0 Å². The number of carboxylic acid groups (broad SMARTS) is 2. The van der Waals surface area contributed by atoms with E-state index in [9.17, 15) is 19.2 Å². The van der Waals surface area contributed by atoms with Crippen LogP contribution in [0.5, 0.6) is 0 Å². The third kappa shape index (κ3) is 11.9. The fraction of sp³-hybridized carbons (Fsp3) is 0.714. The molecule has 1 atom stereocenters. The van der Waals surface area contributed by atoms with Gasteiger partial charge in [-0.1, -0.05) is 0 Å². The van der Waals surface area contributed by atoms with Crippen LogP contribution in [0, 0.1) is 0 Å². The second kappa shape index (κ2) is 13.1. The molecule has 0 saturated carbocycles. The minimum Gasteiger partial charge on any atom is -0.481 e. The zero-order valence-electron chi connectivity index (χ0n) is 13.6. The Labute approximate surface area is 143 Å². The Hall–Kier alpha value is -2.24. The zero-order chi connectivity index (χ0) is 19.2. The van der Waals surface area contributed by atoms with Gasteiger partial charge in [0.15, 0.2) is 6.23 Å². The van der Waals surface area contributed by atoms with Crippen LogP contribution in [-0.4, -0.2) is 88.3 Å². The summed E-state index contributed by atoms with van der Waals surface area (Å²) in [6.45, 7) is -1.09. The lowest BCUT2D eigenvalue weighted by atomic mass is 10.3. The van der Waals surface area contributed by atoms with Gasteiger partial charge in [-0.15, -0.1) is 0 Å². The minimum atomic E-state index is -1.18. The first kappa shape index (κ1) is 22.8. The smallest absolute Gasteiger partial charge is 0.308 e. The standard InChI is InChI=1S/C14H23NO10/c16-7-5-15(6-8-17)10(25-14(23)4-2-12(20)21)9-24-13(22)3-1-11(18)19/h10,16-17H,1-9H2,(H,18,19)(H,20,21). The summed E-state index contributed by atoms with van der Waals surface area (Å²) in [6.07, 6.45) is -2.77. The van der Waals surface area contributed by atoms with Gasteiger partial charge in [0.2, 0.25) is 0 Å². The number of ether oxygens (including phenoxy) is 2. The van der Waals surface area contributed by atoms with E-state index in [-0.39, 0.29) is 32.7 Å². The summed E-state index contributed by atoms with van der Waals surface area (Å²) >= 11 is 0. The number of aliphatic hydroxyl groups is 2. The Kier molecular flexibility index (Phi) is 11.9. The molecule has 0 aromatic rings. The highest BCUT2D eigenvalue weighted by atomic mass is 16.6. The van der Waals surface area contributed by atoms with Gasteiger partial charge >= 0.3 is 23.9 Å². The maximum Gasteiger partial charge on any atom is 0.308 e.